The zero-order valence-electron chi connectivity index (χ0n) is 32.2. The van der Waals surface area contributed by atoms with Gasteiger partial charge in [0.25, 0.3) is 0 Å². The number of fused-ring (bicyclic) bond motifs is 1. The molecule has 22 nitrogen and oxygen atoms in total. The molecule has 57 heavy (non-hydrogen) atoms. The topological polar surface area (TPSA) is 349 Å². The first-order valence-electron chi connectivity index (χ1n) is 18.9. The number of urea groups is 1. The lowest BCUT2D eigenvalue weighted by Gasteiger charge is -2.23. The van der Waals surface area contributed by atoms with E-state index in [1.807, 2.05) is 11.8 Å². The third-order valence-electron chi connectivity index (χ3n) is 9.18. The summed E-state index contributed by atoms with van der Waals surface area (Å²) in [5.41, 5.74) is 6.85. The molecular weight excluding hydrogens is 772 g/mol. The first-order valence-corrected chi connectivity index (χ1v) is 20.0. The summed E-state index contributed by atoms with van der Waals surface area (Å²) >= 11 is 1.83. The van der Waals surface area contributed by atoms with Crippen molar-refractivity contribution in [3.8, 4) is 0 Å². The highest BCUT2D eigenvalue weighted by Crippen LogP contribution is 2.33. The maximum Gasteiger partial charge on any atom is 0.315 e. The minimum atomic E-state index is -1.60. The Labute approximate surface area is 334 Å². The number of hydroxylamine groups is 1. The van der Waals surface area contributed by atoms with Crippen molar-refractivity contribution in [3.63, 3.8) is 0 Å². The molecule has 0 spiro atoms. The van der Waals surface area contributed by atoms with Crippen LogP contribution in [0, 0.1) is 11.8 Å². The van der Waals surface area contributed by atoms with Gasteiger partial charge >= 0.3 is 6.03 Å². The number of rotatable bonds is 27. The molecule has 2 fully saturated rings. The van der Waals surface area contributed by atoms with E-state index in [9.17, 15) is 53.4 Å². The van der Waals surface area contributed by atoms with Crippen LogP contribution >= 0.6 is 11.8 Å². The molecule has 322 valence electrons. The number of carbonyl (C=O) groups excluding carboxylic acids is 9. The van der Waals surface area contributed by atoms with Crippen molar-refractivity contribution in [2.45, 2.75) is 107 Å². The fraction of sp³-hybridized carbons (Fsp3) is 0.735. The first kappa shape index (κ1) is 48.4. The minimum absolute atomic E-state index is 0.0430. The van der Waals surface area contributed by atoms with E-state index in [0.29, 0.717) is 37.5 Å². The molecule has 2 heterocycles. The van der Waals surface area contributed by atoms with Gasteiger partial charge < -0.3 is 58.5 Å². The molecular formula is C34H58N10O12S. The number of amides is 10. The van der Waals surface area contributed by atoms with Gasteiger partial charge in [0.05, 0.1) is 38.4 Å². The standard InChI is InChI=1S/C34H58N10O12S/c1-18(2)11-19(12-26(48)44-56)31(52)40-22(16-46)33(54)41-21(15-45)32(53)38-13-27(49)37-14-28(50)39-20(30(35)51)7-5-6-10-36-25(47)9-4-3-8-24-29-23(17-57-24)42-34(55)43-29/h18-24,29,45-46,56H,3-17H2,1-2H3,(H2,35,51)(H,36,47)(H,37,49)(H,38,53)(H,39,50)(H,40,52)(H,41,54)(H,44,48)(H2,42,43,55)/t19?,20-,21-,22-,23-,24-,29-/m0/s1. The molecule has 0 radical (unpaired) electrons. The first-order chi connectivity index (χ1) is 27.1. The van der Waals surface area contributed by atoms with E-state index in [1.165, 1.54) is 5.48 Å². The van der Waals surface area contributed by atoms with Gasteiger partial charge in [0.1, 0.15) is 18.1 Å². The number of primary amides is 1. The molecule has 14 N–H and O–H groups in total. The van der Waals surface area contributed by atoms with Crippen LogP contribution in [0.4, 0.5) is 4.79 Å². The smallest absolute Gasteiger partial charge is 0.315 e. The maximum atomic E-state index is 12.7. The SMILES string of the molecule is CC(C)CC(CC(=O)NO)C(=O)N[C@@H](CO)C(=O)N[C@@H](CO)C(=O)NCC(=O)NCC(=O)N[C@@H](CCCCNC(=O)CCCC[C@@H]1SC[C@@H]2NC(=O)N[C@@H]21)C(N)=O. The van der Waals surface area contributed by atoms with Crippen molar-refractivity contribution >= 4 is 65.1 Å². The van der Waals surface area contributed by atoms with Crippen LogP contribution in [0.1, 0.15) is 71.6 Å². The summed E-state index contributed by atoms with van der Waals surface area (Å²) in [7, 11) is 0. The molecule has 2 rings (SSSR count). The van der Waals surface area contributed by atoms with Crippen molar-refractivity contribution in [2.24, 2.45) is 17.6 Å². The fourth-order valence-corrected chi connectivity index (χ4v) is 7.74. The van der Waals surface area contributed by atoms with Gasteiger partial charge in [-0.15, -0.1) is 0 Å². The molecule has 1 unspecified atom stereocenters. The summed E-state index contributed by atoms with van der Waals surface area (Å²) in [6.07, 6.45) is 3.82. The van der Waals surface area contributed by atoms with Gasteiger partial charge in [-0.25, -0.2) is 10.3 Å². The second kappa shape index (κ2) is 25.5. The van der Waals surface area contributed by atoms with Gasteiger partial charge in [-0.1, -0.05) is 20.3 Å². The van der Waals surface area contributed by atoms with E-state index in [2.05, 4.69) is 42.5 Å². The Morgan fingerprint density at radius 1 is 0.772 bits per heavy atom. The molecule has 0 aromatic heterocycles. The highest BCUT2D eigenvalue weighted by molar-refractivity contribution is 8.00. The Kier molecular flexibility index (Phi) is 21.7. The highest BCUT2D eigenvalue weighted by atomic mass is 32.2. The lowest BCUT2D eigenvalue weighted by molar-refractivity contribution is -0.137. The number of hydrogen-bond acceptors (Lipinski definition) is 13. The largest absolute Gasteiger partial charge is 0.394 e. The molecule has 23 heteroatoms. The lowest BCUT2D eigenvalue weighted by atomic mass is 9.92. The van der Waals surface area contributed by atoms with Crippen LogP contribution in [0.25, 0.3) is 0 Å². The van der Waals surface area contributed by atoms with Crippen LogP contribution in [-0.2, 0) is 38.4 Å². The van der Waals surface area contributed by atoms with Gasteiger partial charge in [-0.2, -0.15) is 11.8 Å². The van der Waals surface area contributed by atoms with Crippen molar-refractivity contribution in [2.75, 3.05) is 38.6 Å². The number of nitrogens with one attached hydrogen (secondary N) is 9. The minimum Gasteiger partial charge on any atom is -0.394 e. The van der Waals surface area contributed by atoms with Crippen molar-refractivity contribution in [1.29, 1.82) is 0 Å². The molecule has 0 aromatic rings. The maximum absolute atomic E-state index is 12.7. The van der Waals surface area contributed by atoms with Gasteiger partial charge in [0, 0.05) is 36.3 Å². The van der Waals surface area contributed by atoms with E-state index in [1.54, 1.807) is 13.8 Å². The number of aliphatic hydroxyl groups excluding tert-OH is 2. The molecule has 2 aliphatic rings. The Bertz CT molecular complexity index is 1420. The van der Waals surface area contributed by atoms with Crippen molar-refractivity contribution < 1.29 is 58.6 Å². The molecule has 2 saturated heterocycles. The molecule has 0 bridgehead atoms. The summed E-state index contributed by atoms with van der Waals surface area (Å²) < 4.78 is 0. The monoisotopic (exact) mass is 830 g/mol. The van der Waals surface area contributed by atoms with Gasteiger partial charge in [0.15, 0.2) is 0 Å². The molecule has 0 aromatic carbocycles. The number of carbonyl (C=O) groups is 9. The summed E-state index contributed by atoms with van der Waals surface area (Å²) in [6, 6.07) is -4.05. The van der Waals surface area contributed by atoms with Crippen LogP contribution < -0.4 is 53.7 Å². The Morgan fingerprint density at radius 2 is 1.44 bits per heavy atom. The Hall–Kier alpha value is -4.74. The van der Waals surface area contributed by atoms with Crippen LogP contribution in [0.2, 0.25) is 0 Å². The predicted molar refractivity (Wildman–Crippen MR) is 203 cm³/mol. The number of thioether (sulfide) groups is 1. The summed E-state index contributed by atoms with van der Waals surface area (Å²) in [5, 5.41) is 48.5. The second-order valence-electron chi connectivity index (χ2n) is 14.3. The summed E-state index contributed by atoms with van der Waals surface area (Å²) in [6.45, 7) is 0.863. The molecule has 10 amide bonds. The third kappa shape index (κ3) is 17.9. The molecule has 0 aliphatic carbocycles. The zero-order valence-corrected chi connectivity index (χ0v) is 33.0. The van der Waals surface area contributed by atoms with Crippen LogP contribution in [-0.4, -0.2) is 143 Å². The molecule has 7 atom stereocenters. The van der Waals surface area contributed by atoms with Crippen LogP contribution in [0.15, 0.2) is 0 Å². The van der Waals surface area contributed by atoms with E-state index in [-0.39, 0.29) is 42.8 Å². The van der Waals surface area contributed by atoms with Crippen molar-refractivity contribution in [1.82, 2.24) is 48.0 Å². The number of aliphatic hydroxyl groups is 2. The number of nitrogens with two attached hydrogens (primary N) is 1. The molecule has 2 aliphatic heterocycles. The van der Waals surface area contributed by atoms with E-state index >= 15 is 0 Å². The number of unbranched alkanes of at least 4 members (excludes halogenated alkanes) is 2. The van der Waals surface area contributed by atoms with E-state index < -0.39 is 98.1 Å². The molecule has 0 saturated carbocycles. The average molecular weight is 831 g/mol. The normalized spacial score (nSPS) is 19.1. The highest BCUT2D eigenvalue weighted by Gasteiger charge is 2.42. The Balaban J connectivity index is 1.65. The van der Waals surface area contributed by atoms with Gasteiger partial charge in [0.2, 0.25) is 47.3 Å². The Morgan fingerprint density at radius 3 is 2.09 bits per heavy atom. The second-order valence-corrected chi connectivity index (χ2v) is 15.6. The predicted octanol–water partition coefficient (Wildman–Crippen LogP) is -4.29. The quantitative estimate of drug-likeness (QED) is 0.0162. The van der Waals surface area contributed by atoms with Crippen LogP contribution in [0.3, 0.4) is 0 Å². The fourth-order valence-electron chi connectivity index (χ4n) is 6.20. The lowest BCUT2D eigenvalue weighted by Crippen LogP contribution is -2.57. The van der Waals surface area contributed by atoms with E-state index in [0.717, 1.165) is 18.6 Å². The zero-order chi connectivity index (χ0) is 42.5. The summed E-state index contributed by atoms with van der Waals surface area (Å²) in [5.74, 6) is -6.25. The van der Waals surface area contributed by atoms with Crippen LogP contribution in [0.5, 0.6) is 0 Å². The number of hydrogen-bond donors (Lipinski definition) is 13. The van der Waals surface area contributed by atoms with Crippen molar-refractivity contribution in [3.05, 3.63) is 0 Å². The summed E-state index contributed by atoms with van der Waals surface area (Å²) in [4.78, 5) is 110. The van der Waals surface area contributed by atoms with Gasteiger partial charge in [-0.3, -0.25) is 43.6 Å². The third-order valence-corrected chi connectivity index (χ3v) is 10.7. The van der Waals surface area contributed by atoms with Gasteiger partial charge in [-0.05, 0) is 44.4 Å². The van der Waals surface area contributed by atoms with E-state index in [4.69, 9.17) is 10.9 Å². The average Bonchev–Trinajstić information content (AvgIpc) is 3.73.